The van der Waals surface area contributed by atoms with Gasteiger partial charge in [-0.25, -0.2) is 4.79 Å². The standard InChI is InChI=1S/C23H20N2O6/c1-24-20-12-9-16(13-21(20)25(28)29)22(26)18-5-3-4-6-19(18)23(27)31-14-15-7-10-17(30-2)11-8-15/h3-13,24H,14H2,1-2H3. The second-order valence-electron chi connectivity index (χ2n) is 6.54. The van der Waals surface area contributed by atoms with Crippen LogP contribution in [-0.2, 0) is 11.3 Å². The van der Waals surface area contributed by atoms with Gasteiger partial charge < -0.3 is 14.8 Å². The first kappa shape index (κ1) is 21.5. The van der Waals surface area contributed by atoms with Gasteiger partial charge >= 0.3 is 5.97 Å². The number of nitro benzene ring substituents is 1. The van der Waals surface area contributed by atoms with Gasteiger partial charge in [0.1, 0.15) is 18.0 Å². The van der Waals surface area contributed by atoms with Crippen molar-refractivity contribution >= 4 is 23.1 Å². The molecule has 3 aromatic rings. The lowest BCUT2D eigenvalue weighted by Gasteiger charge is -2.10. The number of carbonyl (C=O) groups is 2. The number of anilines is 1. The number of benzene rings is 3. The average Bonchev–Trinajstić information content (AvgIpc) is 2.81. The Morgan fingerprint density at radius 1 is 1.00 bits per heavy atom. The summed E-state index contributed by atoms with van der Waals surface area (Å²) in [7, 11) is 3.11. The van der Waals surface area contributed by atoms with Gasteiger partial charge in [0.15, 0.2) is 5.78 Å². The lowest BCUT2D eigenvalue weighted by atomic mass is 9.97. The highest BCUT2D eigenvalue weighted by atomic mass is 16.6. The number of esters is 1. The molecule has 0 amide bonds. The molecule has 0 heterocycles. The number of methoxy groups -OCH3 is 1. The summed E-state index contributed by atoms with van der Waals surface area (Å²) in [5.74, 6) is -0.492. The van der Waals surface area contributed by atoms with Crippen LogP contribution in [0.25, 0.3) is 0 Å². The Morgan fingerprint density at radius 3 is 2.29 bits per heavy atom. The van der Waals surface area contributed by atoms with Crippen LogP contribution < -0.4 is 10.1 Å². The van der Waals surface area contributed by atoms with E-state index in [0.717, 1.165) is 5.56 Å². The van der Waals surface area contributed by atoms with Crippen LogP contribution in [-0.4, -0.2) is 30.8 Å². The van der Waals surface area contributed by atoms with Gasteiger partial charge in [-0.3, -0.25) is 14.9 Å². The van der Waals surface area contributed by atoms with E-state index in [1.54, 1.807) is 50.6 Å². The maximum atomic E-state index is 13.0. The zero-order valence-corrected chi connectivity index (χ0v) is 17.0. The second-order valence-corrected chi connectivity index (χ2v) is 6.54. The van der Waals surface area contributed by atoms with Gasteiger partial charge in [-0.15, -0.1) is 0 Å². The van der Waals surface area contributed by atoms with Gasteiger partial charge in [0.05, 0.1) is 17.6 Å². The number of nitrogens with one attached hydrogen (secondary N) is 1. The van der Waals surface area contributed by atoms with Crippen LogP contribution in [0.4, 0.5) is 11.4 Å². The number of rotatable bonds is 8. The van der Waals surface area contributed by atoms with E-state index in [0.29, 0.717) is 5.75 Å². The monoisotopic (exact) mass is 420 g/mol. The van der Waals surface area contributed by atoms with E-state index in [-0.39, 0.29) is 34.7 Å². The summed E-state index contributed by atoms with van der Waals surface area (Å²) < 4.78 is 10.5. The second kappa shape index (κ2) is 9.53. The highest BCUT2D eigenvalue weighted by Gasteiger charge is 2.22. The normalized spacial score (nSPS) is 10.3. The Balaban J connectivity index is 1.83. The van der Waals surface area contributed by atoms with Crippen LogP contribution in [0.1, 0.15) is 31.8 Å². The summed E-state index contributed by atoms with van der Waals surface area (Å²) >= 11 is 0. The molecule has 0 unspecified atom stereocenters. The van der Waals surface area contributed by atoms with E-state index in [4.69, 9.17) is 9.47 Å². The molecule has 0 atom stereocenters. The predicted octanol–water partition coefficient (Wildman–Crippen LogP) is 4.23. The highest BCUT2D eigenvalue weighted by Crippen LogP contribution is 2.27. The van der Waals surface area contributed by atoms with E-state index in [9.17, 15) is 19.7 Å². The number of carbonyl (C=O) groups excluding carboxylic acids is 2. The first-order chi connectivity index (χ1) is 14.9. The topological polar surface area (TPSA) is 108 Å². The molecule has 0 aliphatic carbocycles. The predicted molar refractivity (Wildman–Crippen MR) is 115 cm³/mol. The molecule has 0 aliphatic rings. The van der Waals surface area contributed by atoms with E-state index < -0.39 is 16.7 Å². The van der Waals surface area contributed by atoms with Crippen molar-refractivity contribution in [3.63, 3.8) is 0 Å². The van der Waals surface area contributed by atoms with Crippen molar-refractivity contribution in [2.45, 2.75) is 6.61 Å². The molecule has 158 valence electrons. The molecule has 31 heavy (non-hydrogen) atoms. The SMILES string of the molecule is CNc1ccc(C(=O)c2ccccc2C(=O)OCc2ccc(OC)cc2)cc1[N+](=O)[O-]. The Hall–Kier alpha value is -4.20. The largest absolute Gasteiger partial charge is 0.497 e. The molecule has 0 radical (unpaired) electrons. The summed E-state index contributed by atoms with van der Waals surface area (Å²) in [6.45, 7) is 0.0215. The quantitative estimate of drug-likeness (QED) is 0.251. The fourth-order valence-corrected chi connectivity index (χ4v) is 3.00. The van der Waals surface area contributed by atoms with Crippen molar-refractivity contribution in [1.29, 1.82) is 0 Å². The summed E-state index contributed by atoms with van der Waals surface area (Å²) in [5.41, 5.74) is 1.11. The first-order valence-electron chi connectivity index (χ1n) is 9.34. The number of nitrogens with zero attached hydrogens (tertiary/aromatic N) is 1. The molecule has 0 bridgehead atoms. The molecule has 8 nitrogen and oxygen atoms in total. The van der Waals surface area contributed by atoms with E-state index in [2.05, 4.69) is 5.32 Å². The van der Waals surface area contributed by atoms with Crippen LogP contribution in [0.5, 0.6) is 5.75 Å². The molecular weight excluding hydrogens is 400 g/mol. The lowest BCUT2D eigenvalue weighted by Crippen LogP contribution is -2.13. The summed E-state index contributed by atoms with van der Waals surface area (Å²) in [6, 6.07) is 17.4. The van der Waals surface area contributed by atoms with Gasteiger partial charge in [0, 0.05) is 24.2 Å². The Morgan fingerprint density at radius 2 is 1.68 bits per heavy atom. The van der Waals surface area contributed by atoms with Crippen molar-refractivity contribution in [1.82, 2.24) is 0 Å². The van der Waals surface area contributed by atoms with Crippen molar-refractivity contribution < 1.29 is 24.0 Å². The Labute approximate surface area is 178 Å². The maximum Gasteiger partial charge on any atom is 0.339 e. The van der Waals surface area contributed by atoms with Crippen molar-refractivity contribution in [2.24, 2.45) is 0 Å². The number of hydrogen-bond donors (Lipinski definition) is 1. The molecule has 8 heteroatoms. The number of nitro groups is 1. The average molecular weight is 420 g/mol. The van der Waals surface area contributed by atoms with Gasteiger partial charge in [-0.05, 0) is 35.9 Å². The first-order valence-corrected chi connectivity index (χ1v) is 9.34. The fraction of sp³-hybridized carbons (Fsp3) is 0.130. The minimum Gasteiger partial charge on any atom is -0.497 e. The molecule has 0 spiro atoms. The Kier molecular flexibility index (Phi) is 6.61. The van der Waals surface area contributed by atoms with Gasteiger partial charge in [0.2, 0.25) is 0 Å². The Bertz CT molecular complexity index is 1130. The summed E-state index contributed by atoms with van der Waals surface area (Å²) in [4.78, 5) is 36.4. The molecule has 0 saturated carbocycles. The van der Waals surface area contributed by atoms with Crippen molar-refractivity contribution in [3.05, 3.63) is 99.1 Å². The fourth-order valence-electron chi connectivity index (χ4n) is 3.00. The van der Waals surface area contributed by atoms with E-state index in [1.165, 1.54) is 30.3 Å². The van der Waals surface area contributed by atoms with E-state index >= 15 is 0 Å². The van der Waals surface area contributed by atoms with Crippen molar-refractivity contribution in [2.75, 3.05) is 19.5 Å². The highest BCUT2D eigenvalue weighted by molar-refractivity contribution is 6.14. The molecule has 0 saturated heterocycles. The molecule has 0 fully saturated rings. The lowest BCUT2D eigenvalue weighted by molar-refractivity contribution is -0.384. The smallest absolute Gasteiger partial charge is 0.339 e. The number of ketones is 1. The minimum absolute atomic E-state index is 0.0215. The zero-order chi connectivity index (χ0) is 22.4. The van der Waals surface area contributed by atoms with Crippen LogP contribution in [0, 0.1) is 10.1 Å². The van der Waals surface area contributed by atoms with Crippen LogP contribution in [0.2, 0.25) is 0 Å². The molecule has 3 rings (SSSR count). The molecular formula is C23H20N2O6. The van der Waals surface area contributed by atoms with Gasteiger partial charge in [0.25, 0.3) is 5.69 Å². The van der Waals surface area contributed by atoms with Gasteiger partial charge in [-0.2, -0.15) is 0 Å². The summed E-state index contributed by atoms with van der Waals surface area (Å²) in [6.07, 6.45) is 0. The van der Waals surface area contributed by atoms with Crippen LogP contribution in [0.15, 0.2) is 66.7 Å². The maximum absolute atomic E-state index is 13.0. The third kappa shape index (κ3) is 4.87. The molecule has 3 aromatic carbocycles. The van der Waals surface area contributed by atoms with Crippen LogP contribution >= 0.6 is 0 Å². The zero-order valence-electron chi connectivity index (χ0n) is 17.0. The molecule has 0 aliphatic heterocycles. The van der Waals surface area contributed by atoms with E-state index in [1.807, 2.05) is 0 Å². The minimum atomic E-state index is -0.666. The van der Waals surface area contributed by atoms with Crippen molar-refractivity contribution in [3.8, 4) is 5.75 Å². The summed E-state index contributed by atoms with van der Waals surface area (Å²) in [5, 5.41) is 14.0. The molecule has 0 aromatic heterocycles. The molecule has 1 N–H and O–H groups in total. The third-order valence-electron chi connectivity index (χ3n) is 4.65. The third-order valence-corrected chi connectivity index (χ3v) is 4.65. The number of ether oxygens (including phenoxy) is 2. The van der Waals surface area contributed by atoms with Crippen LogP contribution in [0.3, 0.4) is 0 Å². The number of hydrogen-bond acceptors (Lipinski definition) is 7. The van der Waals surface area contributed by atoms with Gasteiger partial charge in [-0.1, -0.05) is 30.3 Å².